The van der Waals surface area contributed by atoms with Crippen molar-refractivity contribution in [3.63, 3.8) is 0 Å². The number of rotatable bonds is 14. The van der Waals surface area contributed by atoms with Crippen molar-refractivity contribution in [2.75, 3.05) is 26.2 Å². The highest BCUT2D eigenvalue weighted by Gasteiger charge is 2.20. The summed E-state index contributed by atoms with van der Waals surface area (Å²) in [7, 11) is 0. The number of carbonyl (C=O) groups is 2. The molecule has 2 amide bonds. The third-order valence-electron chi connectivity index (χ3n) is 5.71. The zero-order chi connectivity index (χ0) is 24.3. The van der Waals surface area contributed by atoms with Gasteiger partial charge in [0.15, 0.2) is 0 Å². The molecule has 1 aromatic rings. The van der Waals surface area contributed by atoms with E-state index in [4.69, 9.17) is 0 Å². The lowest BCUT2D eigenvalue weighted by Crippen LogP contribution is -2.35. The summed E-state index contributed by atoms with van der Waals surface area (Å²) in [4.78, 5) is 34.5. The van der Waals surface area contributed by atoms with Crippen LogP contribution in [0.25, 0.3) is 0 Å². The molecule has 0 atom stereocenters. The minimum atomic E-state index is -0.0400. The maximum atomic E-state index is 13.1. The van der Waals surface area contributed by atoms with Gasteiger partial charge in [0.1, 0.15) is 5.69 Å². The Bertz CT molecular complexity index is 598. The molecule has 32 heavy (non-hydrogen) atoms. The Morgan fingerprint density at radius 3 is 1.34 bits per heavy atom. The highest BCUT2D eigenvalue weighted by atomic mass is 16.2. The smallest absolute Gasteiger partial charge is 0.272 e. The highest BCUT2D eigenvalue weighted by Crippen LogP contribution is 2.14. The molecular weight excluding hydrogens is 398 g/mol. The number of amides is 2. The Morgan fingerprint density at radius 1 is 0.656 bits per heavy atom. The molecule has 5 nitrogen and oxygen atoms in total. The second-order valence-electron chi connectivity index (χ2n) is 10.7. The van der Waals surface area contributed by atoms with Gasteiger partial charge in [0.25, 0.3) is 11.8 Å². The zero-order valence-corrected chi connectivity index (χ0v) is 21.9. The average molecular weight is 446 g/mol. The topological polar surface area (TPSA) is 53.5 Å². The monoisotopic (exact) mass is 445 g/mol. The van der Waals surface area contributed by atoms with Crippen molar-refractivity contribution < 1.29 is 9.59 Å². The fourth-order valence-electron chi connectivity index (χ4n) is 3.28. The van der Waals surface area contributed by atoms with Gasteiger partial charge in [-0.15, -0.1) is 0 Å². The van der Waals surface area contributed by atoms with Gasteiger partial charge in [-0.05, 0) is 61.5 Å². The summed E-state index contributed by atoms with van der Waals surface area (Å²) in [6.07, 6.45) is 5.49. The molecule has 5 heteroatoms. The van der Waals surface area contributed by atoms with E-state index in [0.29, 0.717) is 34.9 Å². The SMILES string of the molecule is CC(C)CCN(CCC(C)C)C(=O)c1ccc(C(=O)N(CCC(C)C)CCC(C)C)nc1. The molecule has 182 valence electrons. The van der Waals surface area contributed by atoms with Crippen LogP contribution in [0.5, 0.6) is 0 Å². The molecule has 0 N–H and O–H groups in total. The fraction of sp³-hybridized carbons (Fsp3) is 0.741. The van der Waals surface area contributed by atoms with Crippen molar-refractivity contribution in [1.82, 2.24) is 14.8 Å². The van der Waals surface area contributed by atoms with Crippen LogP contribution in [-0.4, -0.2) is 52.8 Å². The van der Waals surface area contributed by atoms with Crippen molar-refractivity contribution in [3.8, 4) is 0 Å². The minimum absolute atomic E-state index is 0.00858. The molecule has 0 fully saturated rings. The Kier molecular flexibility index (Phi) is 12.6. The Balaban J connectivity index is 2.93. The fourth-order valence-corrected chi connectivity index (χ4v) is 3.28. The van der Waals surface area contributed by atoms with E-state index in [1.165, 1.54) is 0 Å². The lowest BCUT2D eigenvalue weighted by atomic mass is 10.1. The number of carbonyl (C=O) groups excluding carboxylic acids is 2. The van der Waals surface area contributed by atoms with Gasteiger partial charge in [-0.2, -0.15) is 0 Å². The van der Waals surface area contributed by atoms with Crippen LogP contribution in [0.4, 0.5) is 0 Å². The quantitative estimate of drug-likeness (QED) is 0.345. The van der Waals surface area contributed by atoms with Gasteiger partial charge >= 0.3 is 0 Å². The lowest BCUT2D eigenvalue weighted by molar-refractivity contribution is 0.0723. The summed E-state index contributed by atoms with van der Waals surface area (Å²) in [5, 5.41) is 0. The second-order valence-corrected chi connectivity index (χ2v) is 10.7. The predicted octanol–water partition coefficient (Wildman–Crippen LogP) is 6.15. The molecule has 1 heterocycles. The van der Waals surface area contributed by atoms with Crippen molar-refractivity contribution in [2.24, 2.45) is 23.7 Å². The molecule has 0 aliphatic heterocycles. The average Bonchev–Trinajstić information content (AvgIpc) is 2.72. The molecule has 0 aliphatic rings. The van der Waals surface area contributed by atoms with E-state index in [1.807, 2.05) is 9.80 Å². The summed E-state index contributed by atoms with van der Waals surface area (Å²) in [5.41, 5.74) is 0.981. The number of hydrogen-bond donors (Lipinski definition) is 0. The van der Waals surface area contributed by atoms with Crippen LogP contribution in [0.1, 0.15) is 102 Å². The van der Waals surface area contributed by atoms with Gasteiger partial charge in [-0.1, -0.05) is 55.4 Å². The van der Waals surface area contributed by atoms with Crippen LogP contribution in [0.15, 0.2) is 18.3 Å². The third-order valence-corrected chi connectivity index (χ3v) is 5.71. The van der Waals surface area contributed by atoms with Gasteiger partial charge in [0.2, 0.25) is 0 Å². The van der Waals surface area contributed by atoms with E-state index in [2.05, 4.69) is 60.4 Å². The Labute approximate surface area is 197 Å². The number of nitrogens with zero attached hydrogens (tertiary/aromatic N) is 3. The van der Waals surface area contributed by atoms with Crippen LogP contribution in [0.3, 0.4) is 0 Å². The van der Waals surface area contributed by atoms with Crippen molar-refractivity contribution >= 4 is 11.8 Å². The first-order valence-electron chi connectivity index (χ1n) is 12.6. The maximum Gasteiger partial charge on any atom is 0.272 e. The molecule has 0 aromatic carbocycles. The number of aromatic nitrogens is 1. The van der Waals surface area contributed by atoms with Gasteiger partial charge < -0.3 is 9.80 Å². The zero-order valence-electron chi connectivity index (χ0n) is 21.9. The first-order valence-corrected chi connectivity index (χ1v) is 12.6. The van der Waals surface area contributed by atoms with Crippen molar-refractivity contribution in [1.29, 1.82) is 0 Å². The Hall–Kier alpha value is -1.91. The molecule has 0 bridgehead atoms. The predicted molar refractivity (Wildman–Crippen MR) is 134 cm³/mol. The number of pyridine rings is 1. The van der Waals surface area contributed by atoms with Crippen LogP contribution in [-0.2, 0) is 0 Å². The van der Waals surface area contributed by atoms with Crippen LogP contribution in [0.2, 0.25) is 0 Å². The first-order chi connectivity index (χ1) is 15.0. The van der Waals surface area contributed by atoms with Gasteiger partial charge in [-0.3, -0.25) is 14.6 Å². The van der Waals surface area contributed by atoms with Crippen molar-refractivity contribution in [3.05, 3.63) is 29.6 Å². The van der Waals surface area contributed by atoms with Gasteiger partial charge in [0.05, 0.1) is 5.56 Å². The second kappa shape index (κ2) is 14.3. The van der Waals surface area contributed by atoms with E-state index >= 15 is 0 Å². The van der Waals surface area contributed by atoms with Crippen LogP contribution < -0.4 is 0 Å². The molecule has 0 saturated carbocycles. The molecule has 0 saturated heterocycles. The molecular formula is C27H47N3O2. The van der Waals surface area contributed by atoms with E-state index in [1.54, 1.807) is 18.3 Å². The van der Waals surface area contributed by atoms with Crippen LogP contribution >= 0.6 is 0 Å². The van der Waals surface area contributed by atoms with E-state index in [-0.39, 0.29) is 11.8 Å². The summed E-state index contributed by atoms with van der Waals surface area (Å²) in [6, 6.07) is 3.49. The molecule has 0 spiro atoms. The molecule has 1 aromatic heterocycles. The first kappa shape index (κ1) is 28.1. The third kappa shape index (κ3) is 10.6. The highest BCUT2D eigenvalue weighted by molar-refractivity contribution is 5.96. The Morgan fingerprint density at radius 2 is 1.03 bits per heavy atom. The molecule has 0 unspecified atom stereocenters. The number of hydrogen-bond acceptors (Lipinski definition) is 3. The van der Waals surface area contributed by atoms with E-state index in [9.17, 15) is 9.59 Å². The van der Waals surface area contributed by atoms with E-state index in [0.717, 1.165) is 51.9 Å². The molecule has 0 radical (unpaired) electrons. The molecule has 0 aliphatic carbocycles. The summed E-state index contributed by atoms with van der Waals surface area (Å²) >= 11 is 0. The standard InChI is InChI=1S/C27H47N3O2/c1-20(2)11-15-29(16-12-21(3)4)26(31)24-9-10-25(28-19-24)27(32)30(17-13-22(5)6)18-14-23(7)8/h9-10,19-23H,11-18H2,1-8H3. The molecule has 1 rings (SSSR count). The maximum absolute atomic E-state index is 13.1. The summed E-state index contributed by atoms with van der Waals surface area (Å²) in [5.74, 6) is 2.14. The summed E-state index contributed by atoms with van der Waals surface area (Å²) in [6.45, 7) is 20.4. The van der Waals surface area contributed by atoms with Gasteiger partial charge in [0, 0.05) is 32.4 Å². The minimum Gasteiger partial charge on any atom is -0.339 e. The normalized spacial score (nSPS) is 11.6. The summed E-state index contributed by atoms with van der Waals surface area (Å²) < 4.78 is 0. The largest absolute Gasteiger partial charge is 0.339 e. The van der Waals surface area contributed by atoms with Gasteiger partial charge in [-0.25, -0.2) is 0 Å². The lowest BCUT2D eigenvalue weighted by Gasteiger charge is -2.25. The van der Waals surface area contributed by atoms with E-state index < -0.39 is 0 Å². The van der Waals surface area contributed by atoms with Crippen LogP contribution in [0, 0.1) is 23.7 Å². The van der Waals surface area contributed by atoms with Crippen molar-refractivity contribution in [2.45, 2.75) is 81.1 Å².